The van der Waals surface area contributed by atoms with Crippen molar-refractivity contribution in [3.63, 3.8) is 0 Å². The Kier molecular flexibility index (Phi) is 4.47. The second-order valence-electron chi connectivity index (χ2n) is 4.38. The average molecular weight is 286 g/mol. The van der Waals surface area contributed by atoms with Crippen LogP contribution in [0.5, 0.6) is 0 Å². The molecule has 6 nitrogen and oxygen atoms in total. The first-order chi connectivity index (χ1) is 10.1. The van der Waals surface area contributed by atoms with E-state index in [0.29, 0.717) is 12.0 Å². The van der Waals surface area contributed by atoms with Crippen molar-refractivity contribution in [2.45, 2.75) is 19.4 Å². The predicted molar refractivity (Wildman–Crippen MR) is 70.1 cm³/mol. The van der Waals surface area contributed by atoms with E-state index in [0.717, 1.165) is 4.68 Å². The van der Waals surface area contributed by atoms with E-state index < -0.39 is 17.5 Å². The number of hydrogen-bond donors (Lipinski definition) is 0. The van der Waals surface area contributed by atoms with Crippen LogP contribution in [0.4, 0.5) is 4.39 Å². The molecule has 21 heavy (non-hydrogen) atoms. The molecule has 1 atom stereocenters. The molecule has 1 aromatic heterocycles. The molecule has 0 unspecified atom stereocenters. The van der Waals surface area contributed by atoms with Gasteiger partial charge in [-0.15, -0.1) is 5.10 Å². The van der Waals surface area contributed by atoms with Crippen LogP contribution in [0.15, 0.2) is 33.5 Å². The number of aromatic nitrogens is 2. The fourth-order valence-electron chi connectivity index (χ4n) is 1.77. The molecule has 0 radical (unpaired) electrons. The van der Waals surface area contributed by atoms with E-state index in [4.69, 9.17) is 14.9 Å². The lowest BCUT2D eigenvalue weighted by molar-refractivity contribution is 0.430. The molecule has 106 valence electrons. The van der Waals surface area contributed by atoms with Crippen molar-refractivity contribution >= 4 is 0 Å². The first-order valence-electron chi connectivity index (χ1n) is 6.24. The highest BCUT2D eigenvalue weighted by Crippen LogP contribution is 2.16. The van der Waals surface area contributed by atoms with Crippen LogP contribution in [-0.2, 0) is 6.54 Å². The zero-order chi connectivity index (χ0) is 15.2. The predicted octanol–water partition coefficient (Wildman–Crippen LogP) is 2.09. The summed E-state index contributed by atoms with van der Waals surface area (Å²) < 4.78 is 18.9. The highest BCUT2D eigenvalue weighted by molar-refractivity contribution is 5.51. The second kappa shape index (κ2) is 6.49. The molecule has 0 saturated heterocycles. The smallest absolute Gasteiger partial charge is 0.388 e. The molecule has 2 aromatic rings. The van der Waals surface area contributed by atoms with Gasteiger partial charge in [-0.05, 0) is 30.7 Å². The summed E-state index contributed by atoms with van der Waals surface area (Å²) in [6.45, 7) is 0.0573. The van der Waals surface area contributed by atoms with Crippen LogP contribution in [0.2, 0.25) is 0 Å². The third-order valence-electron chi connectivity index (χ3n) is 2.88. The van der Waals surface area contributed by atoms with Crippen LogP contribution in [0.1, 0.15) is 12.8 Å². The van der Waals surface area contributed by atoms with Crippen molar-refractivity contribution in [3.05, 3.63) is 40.6 Å². The Morgan fingerprint density at radius 3 is 2.67 bits per heavy atom. The quantitative estimate of drug-likeness (QED) is 0.838. The van der Waals surface area contributed by atoms with Gasteiger partial charge in [-0.1, -0.05) is 0 Å². The lowest BCUT2D eigenvalue weighted by atomic mass is 10.1. The number of nitriles is 2. The average Bonchev–Trinajstić information content (AvgIpc) is 2.85. The third-order valence-corrected chi connectivity index (χ3v) is 2.88. The summed E-state index contributed by atoms with van der Waals surface area (Å²) >= 11 is 0. The molecular formula is C14H11FN4O2. The fraction of sp³-hybridized carbons (Fsp3) is 0.286. The van der Waals surface area contributed by atoms with E-state index in [-0.39, 0.29) is 18.9 Å². The minimum absolute atomic E-state index is 0.0573. The Balaban J connectivity index is 2.20. The Labute approximate surface area is 119 Å². The summed E-state index contributed by atoms with van der Waals surface area (Å²) in [5.41, 5.74) is 0.470. The first kappa shape index (κ1) is 14.5. The van der Waals surface area contributed by atoms with Gasteiger partial charge in [0.05, 0.1) is 24.6 Å². The maximum atomic E-state index is 12.8. The summed E-state index contributed by atoms with van der Waals surface area (Å²) in [6, 6.07) is 9.34. The molecule has 2 rings (SSSR count). The fourth-order valence-corrected chi connectivity index (χ4v) is 1.77. The van der Waals surface area contributed by atoms with E-state index in [1.165, 1.54) is 24.3 Å². The Morgan fingerprint density at radius 1 is 1.33 bits per heavy atom. The summed E-state index contributed by atoms with van der Waals surface area (Å²) in [6.07, 6.45) is 0.591. The van der Waals surface area contributed by atoms with Gasteiger partial charge in [0.15, 0.2) is 0 Å². The normalized spacial score (nSPS) is 11.6. The number of rotatable bonds is 5. The van der Waals surface area contributed by atoms with Gasteiger partial charge in [-0.25, -0.2) is 9.18 Å². The van der Waals surface area contributed by atoms with E-state index in [1.54, 1.807) is 0 Å². The maximum Gasteiger partial charge on any atom is 0.437 e. The van der Waals surface area contributed by atoms with Crippen molar-refractivity contribution in [3.8, 4) is 23.6 Å². The van der Waals surface area contributed by atoms with Crippen LogP contribution in [0, 0.1) is 34.4 Å². The topological polar surface area (TPSA) is 95.6 Å². The number of nitrogens with zero attached hydrogens (tertiary/aromatic N) is 4. The third kappa shape index (κ3) is 3.54. The molecule has 0 fully saturated rings. The van der Waals surface area contributed by atoms with Crippen molar-refractivity contribution < 1.29 is 8.81 Å². The molecule has 0 aliphatic heterocycles. The molecule has 0 amide bonds. The Bertz CT molecular complexity index is 749. The summed E-state index contributed by atoms with van der Waals surface area (Å²) in [4.78, 5) is 11.7. The van der Waals surface area contributed by atoms with E-state index in [9.17, 15) is 9.18 Å². The van der Waals surface area contributed by atoms with E-state index in [2.05, 4.69) is 5.10 Å². The summed E-state index contributed by atoms with van der Waals surface area (Å²) in [5, 5.41) is 21.5. The number of halogens is 1. The van der Waals surface area contributed by atoms with Crippen molar-refractivity contribution in [2.24, 2.45) is 5.92 Å². The molecule has 1 heterocycles. The van der Waals surface area contributed by atoms with E-state index in [1.807, 2.05) is 12.1 Å². The van der Waals surface area contributed by atoms with E-state index >= 15 is 0 Å². The van der Waals surface area contributed by atoms with Crippen LogP contribution in [0.3, 0.4) is 0 Å². The summed E-state index contributed by atoms with van der Waals surface area (Å²) in [5.74, 6) is -1.52. The van der Waals surface area contributed by atoms with Gasteiger partial charge in [0.2, 0.25) is 5.89 Å². The SMILES string of the molecule is N#CCC[C@H](C#N)Cn1nc(-c2ccc(F)cc2)oc1=O. The maximum absolute atomic E-state index is 12.8. The Morgan fingerprint density at radius 2 is 2.05 bits per heavy atom. The molecular weight excluding hydrogens is 275 g/mol. The van der Waals surface area contributed by atoms with Gasteiger partial charge in [0.25, 0.3) is 0 Å². The van der Waals surface area contributed by atoms with Gasteiger partial charge in [-0.3, -0.25) is 0 Å². The molecule has 0 aliphatic carbocycles. The molecule has 7 heteroatoms. The van der Waals surface area contributed by atoms with Gasteiger partial charge in [0.1, 0.15) is 5.82 Å². The van der Waals surface area contributed by atoms with Gasteiger partial charge < -0.3 is 4.42 Å². The number of benzene rings is 1. The second-order valence-corrected chi connectivity index (χ2v) is 4.38. The highest BCUT2D eigenvalue weighted by atomic mass is 19.1. The molecule has 0 N–H and O–H groups in total. The minimum Gasteiger partial charge on any atom is -0.388 e. The molecule has 0 spiro atoms. The molecule has 0 saturated carbocycles. The van der Waals surface area contributed by atoms with Crippen molar-refractivity contribution in [1.29, 1.82) is 10.5 Å². The lowest BCUT2D eigenvalue weighted by Crippen LogP contribution is -2.20. The molecule has 0 bridgehead atoms. The summed E-state index contributed by atoms with van der Waals surface area (Å²) in [7, 11) is 0. The molecule has 0 aliphatic rings. The zero-order valence-corrected chi connectivity index (χ0v) is 11.0. The minimum atomic E-state index is -0.688. The van der Waals surface area contributed by atoms with Crippen LogP contribution >= 0.6 is 0 Å². The van der Waals surface area contributed by atoms with Gasteiger partial charge in [-0.2, -0.15) is 15.2 Å². The van der Waals surface area contributed by atoms with Crippen LogP contribution < -0.4 is 5.76 Å². The van der Waals surface area contributed by atoms with Gasteiger partial charge in [0, 0.05) is 12.0 Å². The lowest BCUT2D eigenvalue weighted by Gasteiger charge is -2.04. The molecule has 1 aromatic carbocycles. The first-order valence-corrected chi connectivity index (χ1v) is 6.24. The van der Waals surface area contributed by atoms with Crippen LogP contribution in [0.25, 0.3) is 11.5 Å². The van der Waals surface area contributed by atoms with Crippen molar-refractivity contribution in [1.82, 2.24) is 9.78 Å². The monoisotopic (exact) mass is 286 g/mol. The largest absolute Gasteiger partial charge is 0.437 e. The zero-order valence-electron chi connectivity index (χ0n) is 11.0. The van der Waals surface area contributed by atoms with Crippen LogP contribution in [-0.4, -0.2) is 9.78 Å². The Hall–Kier alpha value is -2.93. The van der Waals surface area contributed by atoms with Crippen molar-refractivity contribution in [2.75, 3.05) is 0 Å². The standard InChI is InChI=1S/C14H11FN4O2/c15-12-5-3-11(4-6-12)13-18-19(14(20)21-13)9-10(8-17)2-1-7-16/h3-6,10H,1-2,9H2/t10-/m1/s1. The highest BCUT2D eigenvalue weighted by Gasteiger charge is 2.15. The number of hydrogen-bond acceptors (Lipinski definition) is 5. The van der Waals surface area contributed by atoms with Gasteiger partial charge >= 0.3 is 5.76 Å².